The lowest BCUT2D eigenvalue weighted by molar-refractivity contribution is -0.139. The van der Waals surface area contributed by atoms with Gasteiger partial charge >= 0.3 is 6.18 Å². The normalized spacial score (nSPS) is 19.7. The van der Waals surface area contributed by atoms with Crippen LogP contribution in [-0.4, -0.2) is 55.7 Å². The maximum atomic E-state index is 12.1. The number of anilines is 1. The number of rotatable bonds is 4. The third-order valence-electron chi connectivity index (χ3n) is 3.90. The van der Waals surface area contributed by atoms with Gasteiger partial charge in [0.05, 0.1) is 6.54 Å². The zero-order valence-electron chi connectivity index (χ0n) is 13.4. The summed E-state index contributed by atoms with van der Waals surface area (Å²) in [5.41, 5.74) is 2.32. The highest BCUT2D eigenvalue weighted by Crippen LogP contribution is 2.21. The number of benzene rings is 1. The Hall–Kier alpha value is -1.76. The van der Waals surface area contributed by atoms with E-state index in [1.54, 1.807) is 0 Å². The summed E-state index contributed by atoms with van der Waals surface area (Å²) in [6, 6.07) is 8.40. The standard InChI is InChI=1S/C16H22F3N3O/c1-12-4-3-5-14(8-12)22-7-6-21(9-13(22)2)10-15(23)20-11-16(17,18)19/h3-5,8,13H,6-7,9-11H2,1-2H3,(H,20,23). The van der Waals surface area contributed by atoms with Crippen molar-refractivity contribution in [3.8, 4) is 0 Å². The Balaban J connectivity index is 1.85. The summed E-state index contributed by atoms with van der Waals surface area (Å²) in [7, 11) is 0. The van der Waals surface area contributed by atoms with Gasteiger partial charge in [-0.25, -0.2) is 0 Å². The lowest BCUT2D eigenvalue weighted by atomic mass is 10.1. The quantitative estimate of drug-likeness (QED) is 0.920. The fourth-order valence-electron chi connectivity index (χ4n) is 2.82. The number of hydrogen-bond acceptors (Lipinski definition) is 3. The molecule has 1 amide bonds. The van der Waals surface area contributed by atoms with Crippen LogP contribution >= 0.6 is 0 Å². The van der Waals surface area contributed by atoms with Crippen molar-refractivity contribution in [3.05, 3.63) is 29.8 Å². The molecule has 7 heteroatoms. The monoisotopic (exact) mass is 329 g/mol. The number of carbonyl (C=O) groups excluding carboxylic acids is 1. The molecule has 2 rings (SSSR count). The lowest BCUT2D eigenvalue weighted by Gasteiger charge is -2.41. The highest BCUT2D eigenvalue weighted by Gasteiger charge is 2.29. The summed E-state index contributed by atoms with van der Waals surface area (Å²) in [6.45, 7) is 4.87. The van der Waals surface area contributed by atoms with E-state index in [0.29, 0.717) is 13.1 Å². The molecule has 0 aromatic heterocycles. The van der Waals surface area contributed by atoms with Crippen LogP contribution < -0.4 is 10.2 Å². The van der Waals surface area contributed by atoms with Crippen LogP contribution in [0, 0.1) is 6.92 Å². The van der Waals surface area contributed by atoms with Gasteiger partial charge in [-0.1, -0.05) is 12.1 Å². The summed E-state index contributed by atoms with van der Waals surface area (Å²) in [5.74, 6) is -0.585. The Morgan fingerprint density at radius 3 is 2.70 bits per heavy atom. The molecule has 0 spiro atoms. The van der Waals surface area contributed by atoms with Gasteiger partial charge in [0.2, 0.25) is 5.91 Å². The molecule has 1 aromatic rings. The van der Waals surface area contributed by atoms with Crippen LogP contribution in [0.1, 0.15) is 12.5 Å². The fourth-order valence-corrected chi connectivity index (χ4v) is 2.82. The van der Waals surface area contributed by atoms with Gasteiger partial charge in [0.25, 0.3) is 0 Å². The number of aryl methyl sites for hydroxylation is 1. The van der Waals surface area contributed by atoms with E-state index in [0.717, 1.165) is 12.2 Å². The van der Waals surface area contributed by atoms with Gasteiger partial charge in [-0.05, 0) is 31.5 Å². The molecule has 1 unspecified atom stereocenters. The van der Waals surface area contributed by atoms with Crippen molar-refractivity contribution in [3.63, 3.8) is 0 Å². The molecule has 1 heterocycles. The van der Waals surface area contributed by atoms with Gasteiger partial charge in [0, 0.05) is 31.4 Å². The van der Waals surface area contributed by atoms with Gasteiger partial charge < -0.3 is 10.2 Å². The average molecular weight is 329 g/mol. The van der Waals surface area contributed by atoms with Gasteiger partial charge in [-0.3, -0.25) is 9.69 Å². The highest BCUT2D eigenvalue weighted by atomic mass is 19.4. The molecule has 1 aliphatic rings. The second kappa shape index (κ2) is 7.21. The van der Waals surface area contributed by atoms with Crippen molar-refractivity contribution in [1.29, 1.82) is 0 Å². The number of piperazine rings is 1. The maximum Gasteiger partial charge on any atom is 0.405 e. The minimum atomic E-state index is -4.37. The molecular formula is C16H22F3N3O. The van der Waals surface area contributed by atoms with E-state index in [2.05, 4.69) is 24.0 Å². The summed E-state index contributed by atoms with van der Waals surface area (Å²) in [4.78, 5) is 15.7. The van der Waals surface area contributed by atoms with Crippen molar-refractivity contribution in [2.45, 2.75) is 26.1 Å². The maximum absolute atomic E-state index is 12.1. The molecule has 128 valence electrons. The van der Waals surface area contributed by atoms with Gasteiger partial charge in [0.15, 0.2) is 0 Å². The van der Waals surface area contributed by atoms with Crippen molar-refractivity contribution in [2.24, 2.45) is 0 Å². The Labute approximate surface area is 134 Å². The largest absolute Gasteiger partial charge is 0.405 e. The lowest BCUT2D eigenvalue weighted by Crippen LogP contribution is -2.54. The van der Waals surface area contributed by atoms with E-state index in [9.17, 15) is 18.0 Å². The zero-order chi connectivity index (χ0) is 17.0. The minimum absolute atomic E-state index is 0.00206. The van der Waals surface area contributed by atoms with Crippen LogP contribution in [0.2, 0.25) is 0 Å². The van der Waals surface area contributed by atoms with Crippen LogP contribution in [0.25, 0.3) is 0 Å². The molecule has 0 aliphatic carbocycles. The molecule has 0 saturated carbocycles. The number of alkyl halides is 3. The molecule has 4 nitrogen and oxygen atoms in total. The summed E-state index contributed by atoms with van der Waals surface area (Å²) < 4.78 is 36.3. The molecule has 1 fully saturated rings. The molecule has 1 aromatic carbocycles. The van der Waals surface area contributed by atoms with Gasteiger partial charge in [0.1, 0.15) is 6.54 Å². The Bertz CT molecular complexity index is 548. The number of halogens is 3. The smallest absolute Gasteiger partial charge is 0.366 e. The number of hydrogen-bond donors (Lipinski definition) is 1. The van der Waals surface area contributed by atoms with Crippen molar-refractivity contribution in [1.82, 2.24) is 10.2 Å². The number of carbonyl (C=O) groups is 1. The summed E-state index contributed by atoms with van der Waals surface area (Å²) >= 11 is 0. The van der Waals surface area contributed by atoms with Gasteiger partial charge in [-0.2, -0.15) is 13.2 Å². The molecule has 0 radical (unpaired) electrons. The molecular weight excluding hydrogens is 307 g/mol. The Morgan fingerprint density at radius 1 is 1.35 bits per heavy atom. The third-order valence-corrected chi connectivity index (χ3v) is 3.90. The predicted octanol–water partition coefficient (Wildman–Crippen LogP) is 2.18. The molecule has 1 aliphatic heterocycles. The van der Waals surface area contributed by atoms with Crippen LogP contribution in [0.4, 0.5) is 18.9 Å². The van der Waals surface area contributed by atoms with Crippen LogP contribution in [0.15, 0.2) is 24.3 Å². The topological polar surface area (TPSA) is 35.6 Å². The van der Waals surface area contributed by atoms with Gasteiger partial charge in [-0.15, -0.1) is 0 Å². The molecule has 1 N–H and O–H groups in total. The van der Waals surface area contributed by atoms with Crippen molar-refractivity contribution in [2.75, 3.05) is 37.6 Å². The second-order valence-corrected chi connectivity index (χ2v) is 6.01. The van der Waals surface area contributed by atoms with E-state index in [-0.39, 0.29) is 12.6 Å². The highest BCUT2D eigenvalue weighted by molar-refractivity contribution is 5.78. The van der Waals surface area contributed by atoms with Crippen LogP contribution in [0.3, 0.4) is 0 Å². The summed E-state index contributed by atoms with van der Waals surface area (Å²) in [5, 5.41) is 1.92. The van der Waals surface area contributed by atoms with E-state index >= 15 is 0 Å². The SMILES string of the molecule is Cc1cccc(N2CCN(CC(=O)NCC(F)(F)F)CC2C)c1. The molecule has 1 atom stereocenters. The second-order valence-electron chi connectivity index (χ2n) is 6.01. The first-order valence-corrected chi connectivity index (χ1v) is 7.64. The molecule has 0 bridgehead atoms. The van der Waals surface area contributed by atoms with E-state index in [4.69, 9.17) is 0 Å². The Morgan fingerprint density at radius 2 is 2.09 bits per heavy atom. The predicted molar refractivity (Wildman–Crippen MR) is 83.5 cm³/mol. The van der Waals surface area contributed by atoms with E-state index in [1.165, 1.54) is 5.56 Å². The third kappa shape index (κ3) is 5.42. The van der Waals surface area contributed by atoms with Crippen LogP contribution in [-0.2, 0) is 4.79 Å². The minimum Gasteiger partial charge on any atom is -0.366 e. The van der Waals surface area contributed by atoms with Crippen molar-refractivity contribution < 1.29 is 18.0 Å². The van der Waals surface area contributed by atoms with Crippen molar-refractivity contribution >= 4 is 11.6 Å². The first-order chi connectivity index (χ1) is 10.7. The number of amides is 1. The molecule has 23 heavy (non-hydrogen) atoms. The van der Waals surface area contributed by atoms with E-state index in [1.807, 2.05) is 29.3 Å². The van der Waals surface area contributed by atoms with Crippen LogP contribution in [0.5, 0.6) is 0 Å². The fraction of sp³-hybridized carbons (Fsp3) is 0.562. The first-order valence-electron chi connectivity index (χ1n) is 7.64. The summed E-state index contributed by atoms with van der Waals surface area (Å²) in [6.07, 6.45) is -4.37. The number of nitrogens with one attached hydrogen (secondary N) is 1. The zero-order valence-corrected chi connectivity index (χ0v) is 13.4. The Kier molecular flexibility index (Phi) is 5.51. The number of nitrogens with zero attached hydrogens (tertiary/aromatic N) is 2. The van der Waals surface area contributed by atoms with E-state index < -0.39 is 18.6 Å². The first kappa shape index (κ1) is 17.6. The average Bonchev–Trinajstić information content (AvgIpc) is 2.44. The molecule has 1 saturated heterocycles.